The van der Waals surface area contributed by atoms with E-state index in [1.165, 1.54) is 0 Å². The summed E-state index contributed by atoms with van der Waals surface area (Å²) in [5, 5.41) is 9.64. The van der Waals surface area contributed by atoms with Crippen molar-refractivity contribution in [3.8, 4) is 11.3 Å². The molecule has 2 N–H and O–H groups in total. The number of benzene rings is 1. The number of amides is 2. The van der Waals surface area contributed by atoms with E-state index < -0.39 is 0 Å². The first-order chi connectivity index (χ1) is 12.7. The fourth-order valence-corrected chi connectivity index (χ4v) is 2.71. The number of hydrogen-bond donors (Lipinski definition) is 2. The van der Waals surface area contributed by atoms with E-state index in [1.54, 1.807) is 0 Å². The highest BCUT2D eigenvalue weighted by Gasteiger charge is 2.28. The van der Waals surface area contributed by atoms with Gasteiger partial charge in [0, 0.05) is 24.4 Å². The van der Waals surface area contributed by atoms with Crippen molar-refractivity contribution in [2.24, 2.45) is 0 Å². The van der Waals surface area contributed by atoms with E-state index in [0.29, 0.717) is 30.5 Å². The zero-order valence-electron chi connectivity index (χ0n) is 14.5. The molecule has 0 unspecified atom stereocenters. The second kappa shape index (κ2) is 7.03. The molecule has 1 saturated carbocycles. The molecule has 2 aromatic heterocycles. The maximum absolute atomic E-state index is 12.2. The van der Waals surface area contributed by atoms with Gasteiger partial charge in [0.15, 0.2) is 5.82 Å². The monoisotopic (exact) mass is 352 g/mol. The van der Waals surface area contributed by atoms with Crippen LogP contribution in [0, 0.1) is 6.92 Å². The average molecular weight is 352 g/mol. The van der Waals surface area contributed by atoms with Gasteiger partial charge in [-0.3, -0.25) is 0 Å². The van der Waals surface area contributed by atoms with Crippen molar-refractivity contribution in [3.63, 3.8) is 0 Å². The molecule has 1 fully saturated rings. The van der Waals surface area contributed by atoms with Gasteiger partial charge in [-0.15, -0.1) is 0 Å². The van der Waals surface area contributed by atoms with Crippen molar-refractivity contribution in [1.82, 2.24) is 15.5 Å². The molecule has 0 atom stereocenters. The molecule has 0 saturated heterocycles. The maximum Gasteiger partial charge on any atom is 0.319 e. The van der Waals surface area contributed by atoms with Crippen molar-refractivity contribution in [1.29, 1.82) is 0 Å². The van der Waals surface area contributed by atoms with Gasteiger partial charge in [-0.1, -0.05) is 17.3 Å². The number of nitrogens with zero attached hydrogens (tertiary/aromatic N) is 2. The minimum Gasteiger partial charge on any atom is -0.461 e. The third kappa shape index (κ3) is 3.77. The Balaban J connectivity index is 1.33. The number of aryl methyl sites for hydroxylation is 1. The molecular formula is C19H20N4O3. The molecule has 3 aromatic rings. The van der Waals surface area contributed by atoms with E-state index >= 15 is 0 Å². The Labute approximate surface area is 150 Å². The summed E-state index contributed by atoms with van der Waals surface area (Å²) in [5.41, 5.74) is 1.52. The molecule has 2 amide bonds. The molecule has 26 heavy (non-hydrogen) atoms. The van der Waals surface area contributed by atoms with Gasteiger partial charge < -0.3 is 19.6 Å². The van der Waals surface area contributed by atoms with Gasteiger partial charge >= 0.3 is 6.03 Å². The van der Waals surface area contributed by atoms with Gasteiger partial charge in [0.1, 0.15) is 11.5 Å². The van der Waals surface area contributed by atoms with Crippen LogP contribution in [0.4, 0.5) is 10.5 Å². The van der Waals surface area contributed by atoms with Crippen molar-refractivity contribution >= 4 is 11.7 Å². The molecule has 7 nitrogen and oxygen atoms in total. The summed E-state index contributed by atoms with van der Waals surface area (Å²) in [6.45, 7) is 2.30. The molecule has 4 rings (SSSR count). The Morgan fingerprint density at radius 1 is 1.23 bits per heavy atom. The van der Waals surface area contributed by atoms with Crippen LogP contribution >= 0.6 is 0 Å². The first-order valence-corrected chi connectivity index (χ1v) is 8.72. The summed E-state index contributed by atoms with van der Waals surface area (Å²) in [6, 6.07) is 11.0. The Kier molecular flexibility index (Phi) is 4.43. The van der Waals surface area contributed by atoms with Gasteiger partial charge in [-0.25, -0.2) is 4.79 Å². The zero-order valence-corrected chi connectivity index (χ0v) is 14.5. The zero-order chi connectivity index (χ0) is 17.9. The van der Waals surface area contributed by atoms with Crippen LogP contribution in [0.5, 0.6) is 0 Å². The van der Waals surface area contributed by atoms with E-state index in [0.717, 1.165) is 35.7 Å². The van der Waals surface area contributed by atoms with Crippen LogP contribution in [0.2, 0.25) is 0 Å². The molecule has 1 aliphatic carbocycles. The largest absolute Gasteiger partial charge is 0.461 e. The summed E-state index contributed by atoms with van der Waals surface area (Å²) in [4.78, 5) is 16.5. The van der Waals surface area contributed by atoms with Gasteiger partial charge in [-0.2, -0.15) is 4.98 Å². The third-order valence-corrected chi connectivity index (χ3v) is 4.23. The minimum atomic E-state index is -0.289. The molecule has 0 bridgehead atoms. The summed E-state index contributed by atoms with van der Waals surface area (Å²) < 4.78 is 10.9. The first-order valence-electron chi connectivity index (χ1n) is 8.72. The SMILES string of the molecule is Cc1ccc(-c2ccccc2NC(=O)NCCc2nc(C3CC3)no2)o1. The summed E-state index contributed by atoms with van der Waals surface area (Å²) >= 11 is 0. The Hall–Kier alpha value is -3.09. The highest BCUT2D eigenvalue weighted by Crippen LogP contribution is 2.38. The number of carbonyl (C=O) groups excluding carboxylic acids is 1. The van der Waals surface area contributed by atoms with Crippen LogP contribution in [0.25, 0.3) is 11.3 Å². The van der Waals surface area contributed by atoms with E-state index in [-0.39, 0.29) is 6.03 Å². The number of hydrogen-bond acceptors (Lipinski definition) is 5. The molecule has 1 aliphatic rings. The van der Waals surface area contributed by atoms with Gasteiger partial charge in [0.05, 0.1) is 5.69 Å². The number of furan rings is 1. The number of aromatic nitrogens is 2. The number of nitrogens with one attached hydrogen (secondary N) is 2. The van der Waals surface area contributed by atoms with Crippen molar-refractivity contribution in [2.75, 3.05) is 11.9 Å². The van der Waals surface area contributed by atoms with Crippen LogP contribution in [-0.2, 0) is 6.42 Å². The molecule has 2 heterocycles. The highest BCUT2D eigenvalue weighted by molar-refractivity contribution is 5.93. The lowest BCUT2D eigenvalue weighted by Crippen LogP contribution is -2.30. The fraction of sp³-hybridized carbons (Fsp3) is 0.316. The lowest BCUT2D eigenvalue weighted by Gasteiger charge is -2.10. The smallest absolute Gasteiger partial charge is 0.319 e. The number of para-hydroxylation sites is 1. The van der Waals surface area contributed by atoms with Gasteiger partial charge in [0.25, 0.3) is 0 Å². The van der Waals surface area contributed by atoms with Gasteiger partial charge in [-0.05, 0) is 44.0 Å². The maximum atomic E-state index is 12.2. The average Bonchev–Trinajstić information content (AvgIpc) is 3.22. The molecule has 0 spiro atoms. The van der Waals surface area contributed by atoms with Crippen molar-refractivity contribution in [2.45, 2.75) is 32.1 Å². The van der Waals surface area contributed by atoms with E-state index in [4.69, 9.17) is 8.94 Å². The van der Waals surface area contributed by atoms with E-state index in [2.05, 4.69) is 20.8 Å². The minimum absolute atomic E-state index is 0.289. The molecule has 0 aliphatic heterocycles. The lowest BCUT2D eigenvalue weighted by molar-refractivity contribution is 0.252. The molecular weight excluding hydrogens is 332 g/mol. The molecule has 134 valence electrons. The van der Waals surface area contributed by atoms with Crippen molar-refractivity contribution in [3.05, 3.63) is 53.9 Å². The summed E-state index contributed by atoms with van der Waals surface area (Å²) in [6.07, 6.45) is 2.77. The molecule has 0 radical (unpaired) electrons. The number of urea groups is 1. The number of rotatable bonds is 6. The Bertz CT molecular complexity index is 911. The highest BCUT2D eigenvalue weighted by atomic mass is 16.5. The van der Waals surface area contributed by atoms with Crippen LogP contribution in [0.3, 0.4) is 0 Å². The summed E-state index contributed by atoms with van der Waals surface area (Å²) in [5.74, 6) is 3.34. The van der Waals surface area contributed by atoms with E-state index in [1.807, 2.05) is 43.3 Å². The fourth-order valence-electron chi connectivity index (χ4n) is 2.71. The normalized spacial score (nSPS) is 13.6. The predicted octanol–water partition coefficient (Wildman–Crippen LogP) is 3.88. The molecule has 1 aromatic carbocycles. The van der Waals surface area contributed by atoms with Gasteiger partial charge in [0.2, 0.25) is 5.89 Å². The number of carbonyl (C=O) groups is 1. The summed E-state index contributed by atoms with van der Waals surface area (Å²) in [7, 11) is 0. The second-order valence-corrected chi connectivity index (χ2v) is 6.41. The Morgan fingerprint density at radius 2 is 2.08 bits per heavy atom. The quantitative estimate of drug-likeness (QED) is 0.702. The predicted molar refractivity (Wildman–Crippen MR) is 95.9 cm³/mol. The first kappa shape index (κ1) is 16.4. The number of anilines is 1. The second-order valence-electron chi connectivity index (χ2n) is 6.41. The lowest BCUT2D eigenvalue weighted by atomic mass is 10.1. The Morgan fingerprint density at radius 3 is 2.85 bits per heavy atom. The van der Waals surface area contributed by atoms with Crippen LogP contribution in [-0.4, -0.2) is 22.7 Å². The van der Waals surface area contributed by atoms with Crippen LogP contribution in [0.1, 0.15) is 36.2 Å². The van der Waals surface area contributed by atoms with Crippen LogP contribution < -0.4 is 10.6 Å². The van der Waals surface area contributed by atoms with E-state index in [9.17, 15) is 4.79 Å². The topological polar surface area (TPSA) is 93.2 Å². The van der Waals surface area contributed by atoms with Crippen LogP contribution in [0.15, 0.2) is 45.3 Å². The van der Waals surface area contributed by atoms with Crippen molar-refractivity contribution < 1.29 is 13.7 Å². The standard InChI is InChI=1S/C19H20N4O3/c1-12-6-9-16(25-12)14-4-2-3-5-15(14)21-19(24)20-11-10-17-22-18(23-26-17)13-7-8-13/h2-6,9,13H,7-8,10-11H2,1H3,(H2,20,21,24). The molecule has 7 heteroatoms. The third-order valence-electron chi connectivity index (χ3n) is 4.23.